The van der Waals surface area contributed by atoms with E-state index >= 15 is 0 Å². The number of rotatable bonds is 3. The normalized spacial score (nSPS) is 13.7. The van der Waals surface area contributed by atoms with Gasteiger partial charge in [0.2, 0.25) is 5.69 Å². The van der Waals surface area contributed by atoms with Gasteiger partial charge in [-0.3, -0.25) is 0 Å². The van der Waals surface area contributed by atoms with E-state index in [1.165, 1.54) is 16.5 Å². The molecular weight excluding hydrogens is 502 g/mol. The number of benzene rings is 5. The first-order valence-electron chi connectivity index (χ1n) is 15.3. The zero-order valence-electron chi connectivity index (χ0n) is 26.6. The summed E-state index contributed by atoms with van der Waals surface area (Å²) in [6, 6.07) is 32.3. The molecule has 2 aromatic heterocycles. The van der Waals surface area contributed by atoms with Gasteiger partial charge in [-0.15, -0.1) is 0 Å². The average Bonchev–Trinajstić information content (AvgIpc) is 3.35. The lowest BCUT2D eigenvalue weighted by Crippen LogP contribution is -2.44. The lowest BCUT2D eigenvalue weighted by molar-refractivity contribution is -0.660. The van der Waals surface area contributed by atoms with Gasteiger partial charge in [0.05, 0.1) is 13.6 Å². The fraction of sp³-hybridized carbons (Fsp3) is 0.162. The van der Waals surface area contributed by atoms with E-state index in [0.29, 0.717) is 5.56 Å². The maximum absolute atomic E-state index is 8.24. The second-order valence-corrected chi connectivity index (χ2v) is 17.0. The Hall–Kier alpha value is -4.21. The first-order valence-corrected chi connectivity index (χ1v) is 17.3. The van der Waals surface area contributed by atoms with Crippen LogP contribution in [-0.2, 0) is 7.05 Å². The lowest BCUT2D eigenvalue weighted by Gasteiger charge is -2.19. The van der Waals surface area contributed by atoms with Gasteiger partial charge < -0.3 is 4.42 Å². The van der Waals surface area contributed by atoms with Crippen molar-refractivity contribution in [2.24, 2.45) is 7.05 Å². The van der Waals surface area contributed by atoms with E-state index in [1.54, 1.807) is 0 Å². The van der Waals surface area contributed by atoms with Crippen molar-refractivity contribution < 1.29 is 13.1 Å². The van der Waals surface area contributed by atoms with Gasteiger partial charge in [0.25, 0.3) is 0 Å². The van der Waals surface area contributed by atoms with Crippen LogP contribution in [-0.4, -0.2) is 8.07 Å². The van der Waals surface area contributed by atoms with Gasteiger partial charge in [-0.25, -0.2) is 4.57 Å². The Bertz CT molecular complexity index is 2220. The topological polar surface area (TPSA) is 17.0 Å². The van der Waals surface area contributed by atoms with E-state index in [-0.39, 0.29) is 0 Å². The first kappa shape index (κ1) is 21.6. The van der Waals surface area contributed by atoms with Gasteiger partial charge in [0.1, 0.15) is 18.2 Å². The number of aromatic nitrogens is 1. The molecule has 5 aromatic carbocycles. The number of fused-ring (bicyclic) bond motifs is 7. The van der Waals surface area contributed by atoms with Gasteiger partial charge in [-0.05, 0) is 63.9 Å². The number of furan rings is 1. The molecule has 2 heterocycles. The number of nitrogens with zero attached hydrogens (tertiary/aromatic N) is 1. The van der Waals surface area contributed by atoms with Crippen molar-refractivity contribution in [3.05, 3.63) is 108 Å². The zero-order chi connectivity index (χ0) is 30.3. The highest BCUT2D eigenvalue weighted by Crippen LogP contribution is 2.42. The largest absolute Gasteiger partial charge is 0.454 e. The number of pyridine rings is 1. The minimum atomic E-state index is -2.17. The van der Waals surface area contributed by atoms with Gasteiger partial charge in [-0.1, -0.05) is 92.4 Å². The minimum absolute atomic E-state index is 0.444. The summed E-state index contributed by atoms with van der Waals surface area (Å²) in [4.78, 5) is 0. The Morgan fingerprint density at radius 2 is 1.40 bits per heavy atom. The molecule has 7 rings (SSSR count). The Balaban J connectivity index is 1.52. The molecule has 3 heteroatoms. The van der Waals surface area contributed by atoms with Crippen LogP contribution in [0.1, 0.15) is 15.2 Å². The number of hydrogen-bond acceptors (Lipinski definition) is 1. The van der Waals surface area contributed by atoms with Crippen molar-refractivity contribution >= 4 is 56.7 Å². The molecule has 196 valence electrons. The van der Waals surface area contributed by atoms with Crippen LogP contribution >= 0.6 is 0 Å². The predicted molar refractivity (Wildman–Crippen MR) is 173 cm³/mol. The van der Waals surface area contributed by atoms with Crippen LogP contribution in [0.4, 0.5) is 0 Å². The zero-order valence-corrected chi connectivity index (χ0v) is 24.6. The Morgan fingerprint density at radius 3 is 2.17 bits per heavy atom. The third kappa shape index (κ3) is 3.80. The standard InChI is InChI=1S/C37H34NOSi/c1-23-12-17-30-31-19-15-26-13-14-28-20-27(25-10-8-7-9-11-25)16-18-29(28)35(26)37(31)39-36(30)34(23)32-21-33(40(4,5)6)24(2)22-38(32)3/h7-22H,1-6H3/q+1/i2D3. The van der Waals surface area contributed by atoms with Crippen LogP contribution in [0.25, 0.3) is 65.9 Å². The third-order valence-corrected chi connectivity index (χ3v) is 10.3. The predicted octanol–water partition coefficient (Wildman–Crippen LogP) is 9.21. The maximum Gasteiger partial charge on any atom is 0.216 e. The Morgan fingerprint density at radius 1 is 0.700 bits per heavy atom. The molecule has 0 atom stereocenters. The Labute approximate surface area is 240 Å². The van der Waals surface area contributed by atoms with E-state index in [9.17, 15) is 0 Å². The fourth-order valence-corrected chi connectivity index (χ4v) is 7.63. The summed E-state index contributed by atoms with van der Waals surface area (Å²) in [6.45, 7) is 6.54. The molecule has 40 heavy (non-hydrogen) atoms. The average molecular weight is 540 g/mol. The molecule has 0 saturated heterocycles. The van der Waals surface area contributed by atoms with Crippen molar-refractivity contribution in [3.8, 4) is 22.4 Å². The van der Waals surface area contributed by atoms with Crippen LogP contribution in [0.15, 0.2) is 102 Å². The molecule has 0 unspecified atom stereocenters. The molecule has 0 aliphatic heterocycles. The molecule has 0 aliphatic carbocycles. The van der Waals surface area contributed by atoms with E-state index in [0.717, 1.165) is 60.1 Å². The molecule has 0 aliphatic rings. The van der Waals surface area contributed by atoms with Crippen LogP contribution in [0.3, 0.4) is 0 Å². The van der Waals surface area contributed by atoms with Crippen LogP contribution < -0.4 is 9.75 Å². The fourth-order valence-electron chi connectivity index (χ4n) is 6.19. The maximum atomic E-state index is 8.24. The van der Waals surface area contributed by atoms with Crippen LogP contribution in [0.5, 0.6) is 0 Å². The minimum Gasteiger partial charge on any atom is -0.454 e. The van der Waals surface area contributed by atoms with Crippen LogP contribution in [0.2, 0.25) is 19.6 Å². The summed E-state index contributed by atoms with van der Waals surface area (Å²) in [5.41, 5.74) is 7.60. The van der Waals surface area contributed by atoms with Crippen molar-refractivity contribution in [3.63, 3.8) is 0 Å². The molecule has 0 spiro atoms. The number of hydrogen-bond donors (Lipinski definition) is 0. The van der Waals surface area contributed by atoms with E-state index in [2.05, 4.69) is 111 Å². The Kier molecular flexibility index (Phi) is 4.81. The summed E-state index contributed by atoms with van der Waals surface area (Å²) in [5, 5.41) is 7.68. The summed E-state index contributed by atoms with van der Waals surface area (Å²) in [7, 11) is -0.0544. The molecule has 7 aromatic rings. The van der Waals surface area contributed by atoms with E-state index < -0.39 is 14.9 Å². The molecule has 0 amide bonds. The lowest BCUT2D eigenvalue weighted by atomic mass is 9.95. The molecule has 0 bridgehead atoms. The smallest absolute Gasteiger partial charge is 0.216 e. The summed E-state index contributed by atoms with van der Waals surface area (Å²) < 4.78 is 33.6. The highest BCUT2D eigenvalue weighted by atomic mass is 28.3. The second kappa shape index (κ2) is 8.90. The van der Waals surface area contributed by atoms with Crippen LogP contribution in [0, 0.1) is 13.8 Å². The van der Waals surface area contributed by atoms with Gasteiger partial charge in [0, 0.05) is 31.9 Å². The highest BCUT2D eigenvalue weighted by Gasteiger charge is 2.27. The molecule has 2 nitrogen and oxygen atoms in total. The second-order valence-electron chi connectivity index (χ2n) is 12.0. The summed E-state index contributed by atoms with van der Waals surface area (Å²) in [6.07, 6.45) is 1.81. The molecule has 0 fully saturated rings. The quantitative estimate of drug-likeness (QED) is 0.124. The van der Waals surface area contributed by atoms with Gasteiger partial charge in [0.15, 0.2) is 6.20 Å². The summed E-state index contributed by atoms with van der Waals surface area (Å²) >= 11 is 0. The SMILES string of the molecule is [2H]C([2H])([2H])c1c[n+](C)c(-c2c(C)ccc3c2oc2c3ccc3ccc4cc(-c5ccccc5)ccc4c32)cc1[Si](C)(C)C. The highest BCUT2D eigenvalue weighted by molar-refractivity contribution is 6.89. The summed E-state index contributed by atoms with van der Waals surface area (Å²) in [5.74, 6) is 0. The molecule has 0 N–H and O–H groups in total. The van der Waals surface area contributed by atoms with E-state index in [1.807, 2.05) is 23.9 Å². The van der Waals surface area contributed by atoms with Gasteiger partial charge in [-0.2, -0.15) is 0 Å². The van der Waals surface area contributed by atoms with Crippen molar-refractivity contribution in [2.75, 3.05) is 0 Å². The molecule has 0 saturated carbocycles. The van der Waals surface area contributed by atoms with Crippen molar-refractivity contribution in [1.29, 1.82) is 0 Å². The van der Waals surface area contributed by atoms with Crippen molar-refractivity contribution in [1.82, 2.24) is 0 Å². The van der Waals surface area contributed by atoms with Gasteiger partial charge >= 0.3 is 0 Å². The molecule has 0 radical (unpaired) electrons. The van der Waals surface area contributed by atoms with Crippen molar-refractivity contribution in [2.45, 2.75) is 33.4 Å². The first-order chi connectivity index (χ1) is 20.4. The van der Waals surface area contributed by atoms with E-state index in [4.69, 9.17) is 8.53 Å². The monoisotopic (exact) mass is 539 g/mol. The molecular formula is C37H34NOSi+. The number of aryl methyl sites for hydroxylation is 3. The third-order valence-electron chi connectivity index (χ3n) is 8.26.